The average molecular weight is 308 g/mol. The number of benzene rings is 1. The molecule has 1 aliphatic rings. The third kappa shape index (κ3) is 4.52. The zero-order valence-electron chi connectivity index (χ0n) is 13.3. The summed E-state index contributed by atoms with van der Waals surface area (Å²) in [5.41, 5.74) is 1.00. The van der Waals surface area contributed by atoms with Gasteiger partial charge in [-0.25, -0.2) is 4.39 Å². The van der Waals surface area contributed by atoms with Gasteiger partial charge in [-0.15, -0.1) is 0 Å². The van der Waals surface area contributed by atoms with Gasteiger partial charge in [0.05, 0.1) is 12.1 Å². The Balaban J connectivity index is 1.89. The zero-order chi connectivity index (χ0) is 16.1. The van der Waals surface area contributed by atoms with Crippen molar-refractivity contribution in [1.29, 1.82) is 0 Å². The molecule has 0 saturated carbocycles. The van der Waals surface area contributed by atoms with Crippen LogP contribution in [-0.4, -0.2) is 41.1 Å². The first-order valence-electron chi connectivity index (χ1n) is 7.91. The van der Waals surface area contributed by atoms with E-state index >= 15 is 0 Å². The van der Waals surface area contributed by atoms with Gasteiger partial charge in [-0.3, -0.25) is 9.69 Å². The molecule has 2 unspecified atom stereocenters. The van der Waals surface area contributed by atoms with Crippen molar-refractivity contribution in [3.63, 3.8) is 0 Å². The van der Waals surface area contributed by atoms with Crippen LogP contribution >= 0.6 is 0 Å². The van der Waals surface area contributed by atoms with E-state index in [1.54, 1.807) is 12.1 Å². The Labute approximate surface area is 131 Å². The molecular weight excluding hydrogens is 283 g/mol. The molecule has 5 heteroatoms. The highest BCUT2D eigenvalue weighted by atomic mass is 19.1. The second kappa shape index (κ2) is 7.70. The van der Waals surface area contributed by atoms with E-state index in [-0.39, 0.29) is 30.2 Å². The molecule has 1 aliphatic heterocycles. The summed E-state index contributed by atoms with van der Waals surface area (Å²) in [6.07, 6.45) is 1.28. The SMILES string of the molecule is CC(C)C(O)CNC(=O)C1CCCN1Cc1ccc(F)cc1. The van der Waals surface area contributed by atoms with E-state index < -0.39 is 6.10 Å². The number of rotatable bonds is 6. The molecule has 0 aromatic heterocycles. The fourth-order valence-corrected chi connectivity index (χ4v) is 2.70. The quantitative estimate of drug-likeness (QED) is 0.844. The summed E-state index contributed by atoms with van der Waals surface area (Å²) in [4.78, 5) is 14.4. The van der Waals surface area contributed by atoms with Crippen LogP contribution < -0.4 is 5.32 Å². The molecule has 0 spiro atoms. The number of nitrogens with one attached hydrogen (secondary N) is 1. The largest absolute Gasteiger partial charge is 0.391 e. The molecule has 122 valence electrons. The summed E-state index contributed by atoms with van der Waals surface area (Å²) >= 11 is 0. The summed E-state index contributed by atoms with van der Waals surface area (Å²) in [5, 5.41) is 12.6. The van der Waals surface area contributed by atoms with Crippen LogP contribution in [0.15, 0.2) is 24.3 Å². The van der Waals surface area contributed by atoms with Gasteiger partial charge in [0.1, 0.15) is 5.82 Å². The number of likely N-dealkylation sites (tertiary alicyclic amines) is 1. The van der Waals surface area contributed by atoms with Crippen LogP contribution in [0.2, 0.25) is 0 Å². The summed E-state index contributed by atoms with van der Waals surface area (Å²) in [6, 6.07) is 6.24. The van der Waals surface area contributed by atoms with Gasteiger partial charge in [0.2, 0.25) is 5.91 Å². The van der Waals surface area contributed by atoms with Crippen LogP contribution in [0.1, 0.15) is 32.3 Å². The van der Waals surface area contributed by atoms with E-state index in [4.69, 9.17) is 0 Å². The number of amides is 1. The summed E-state index contributed by atoms with van der Waals surface area (Å²) in [7, 11) is 0. The molecule has 2 rings (SSSR count). The van der Waals surface area contributed by atoms with Crippen molar-refractivity contribution in [2.45, 2.75) is 45.4 Å². The van der Waals surface area contributed by atoms with Crippen LogP contribution in [-0.2, 0) is 11.3 Å². The molecule has 2 N–H and O–H groups in total. The third-order valence-electron chi connectivity index (χ3n) is 4.22. The Hall–Kier alpha value is -1.46. The number of halogens is 1. The lowest BCUT2D eigenvalue weighted by atomic mass is 10.1. The fraction of sp³-hybridized carbons (Fsp3) is 0.588. The molecule has 22 heavy (non-hydrogen) atoms. The van der Waals surface area contributed by atoms with E-state index in [1.165, 1.54) is 12.1 Å². The highest BCUT2D eigenvalue weighted by molar-refractivity contribution is 5.82. The fourth-order valence-electron chi connectivity index (χ4n) is 2.70. The second-order valence-electron chi connectivity index (χ2n) is 6.31. The number of carbonyl (C=O) groups is 1. The molecule has 1 heterocycles. The predicted octanol–water partition coefficient (Wildman–Crippen LogP) is 1.92. The smallest absolute Gasteiger partial charge is 0.237 e. The van der Waals surface area contributed by atoms with E-state index in [1.807, 2.05) is 13.8 Å². The Bertz CT molecular complexity index is 490. The molecule has 1 aromatic carbocycles. The first-order valence-corrected chi connectivity index (χ1v) is 7.91. The van der Waals surface area contributed by atoms with Gasteiger partial charge in [-0.2, -0.15) is 0 Å². The maximum absolute atomic E-state index is 12.9. The number of hydrogen-bond acceptors (Lipinski definition) is 3. The van der Waals surface area contributed by atoms with Crippen LogP contribution in [0.5, 0.6) is 0 Å². The molecular formula is C17H25FN2O2. The molecule has 1 fully saturated rings. The van der Waals surface area contributed by atoms with Crippen molar-refractivity contribution in [3.05, 3.63) is 35.6 Å². The second-order valence-corrected chi connectivity index (χ2v) is 6.31. The predicted molar refractivity (Wildman–Crippen MR) is 83.7 cm³/mol. The van der Waals surface area contributed by atoms with Crippen LogP contribution in [0.4, 0.5) is 4.39 Å². The van der Waals surface area contributed by atoms with E-state index in [0.717, 1.165) is 24.9 Å². The molecule has 0 bridgehead atoms. The number of aliphatic hydroxyl groups is 1. The number of aliphatic hydroxyl groups excluding tert-OH is 1. The van der Waals surface area contributed by atoms with Gasteiger partial charge in [0.25, 0.3) is 0 Å². The van der Waals surface area contributed by atoms with E-state index in [9.17, 15) is 14.3 Å². The van der Waals surface area contributed by atoms with Gasteiger partial charge in [0.15, 0.2) is 0 Å². The molecule has 4 nitrogen and oxygen atoms in total. The van der Waals surface area contributed by atoms with Crippen LogP contribution in [0.25, 0.3) is 0 Å². The monoisotopic (exact) mass is 308 g/mol. The molecule has 0 radical (unpaired) electrons. The van der Waals surface area contributed by atoms with Gasteiger partial charge in [-0.1, -0.05) is 26.0 Å². The average Bonchev–Trinajstić information content (AvgIpc) is 2.95. The topological polar surface area (TPSA) is 52.6 Å². The maximum atomic E-state index is 12.9. The summed E-state index contributed by atoms with van der Waals surface area (Å²) < 4.78 is 12.9. The standard InChI is InChI=1S/C17H25FN2O2/c1-12(2)16(21)10-19-17(22)15-4-3-9-20(15)11-13-5-7-14(18)8-6-13/h5-8,12,15-16,21H,3-4,9-11H2,1-2H3,(H,19,22). The molecule has 1 saturated heterocycles. The first-order chi connectivity index (χ1) is 10.5. The van der Waals surface area contributed by atoms with Gasteiger partial charge in [-0.05, 0) is 43.0 Å². The normalized spacial score (nSPS) is 20.3. The Morgan fingerprint density at radius 2 is 2.09 bits per heavy atom. The van der Waals surface area contributed by atoms with Crippen molar-refractivity contribution in [1.82, 2.24) is 10.2 Å². The third-order valence-corrected chi connectivity index (χ3v) is 4.22. The number of hydrogen-bond donors (Lipinski definition) is 2. The zero-order valence-corrected chi connectivity index (χ0v) is 13.3. The van der Waals surface area contributed by atoms with Gasteiger partial charge in [0, 0.05) is 13.1 Å². The summed E-state index contributed by atoms with van der Waals surface area (Å²) in [5.74, 6) is -0.152. The lowest BCUT2D eigenvalue weighted by Gasteiger charge is -2.24. The lowest BCUT2D eigenvalue weighted by Crippen LogP contribution is -2.45. The summed E-state index contributed by atoms with van der Waals surface area (Å²) in [6.45, 7) is 5.64. The Morgan fingerprint density at radius 3 is 2.73 bits per heavy atom. The highest BCUT2D eigenvalue weighted by Crippen LogP contribution is 2.20. The van der Waals surface area contributed by atoms with Gasteiger partial charge < -0.3 is 10.4 Å². The molecule has 1 amide bonds. The molecule has 2 atom stereocenters. The number of carbonyl (C=O) groups excluding carboxylic acids is 1. The minimum Gasteiger partial charge on any atom is -0.391 e. The van der Waals surface area contributed by atoms with Crippen molar-refractivity contribution in [2.75, 3.05) is 13.1 Å². The van der Waals surface area contributed by atoms with Crippen LogP contribution in [0, 0.1) is 11.7 Å². The van der Waals surface area contributed by atoms with E-state index in [0.29, 0.717) is 6.54 Å². The first kappa shape index (κ1) is 16.9. The van der Waals surface area contributed by atoms with Crippen LogP contribution in [0.3, 0.4) is 0 Å². The van der Waals surface area contributed by atoms with Crippen molar-refractivity contribution >= 4 is 5.91 Å². The maximum Gasteiger partial charge on any atom is 0.237 e. The van der Waals surface area contributed by atoms with Crippen molar-refractivity contribution in [3.8, 4) is 0 Å². The van der Waals surface area contributed by atoms with E-state index in [2.05, 4.69) is 10.2 Å². The lowest BCUT2D eigenvalue weighted by molar-refractivity contribution is -0.126. The van der Waals surface area contributed by atoms with Crippen molar-refractivity contribution in [2.24, 2.45) is 5.92 Å². The van der Waals surface area contributed by atoms with Gasteiger partial charge >= 0.3 is 0 Å². The number of nitrogens with zero attached hydrogens (tertiary/aromatic N) is 1. The minimum atomic E-state index is -0.518. The molecule has 1 aromatic rings. The molecule has 0 aliphatic carbocycles. The van der Waals surface area contributed by atoms with Crippen molar-refractivity contribution < 1.29 is 14.3 Å². The highest BCUT2D eigenvalue weighted by Gasteiger charge is 2.30. The Kier molecular flexibility index (Phi) is 5.91. The minimum absolute atomic E-state index is 0.0284. The Morgan fingerprint density at radius 1 is 1.41 bits per heavy atom.